The molecule has 110 valence electrons. The van der Waals surface area contributed by atoms with Gasteiger partial charge in [0.1, 0.15) is 11.4 Å². The lowest BCUT2D eigenvalue weighted by Crippen LogP contribution is -2.32. The van der Waals surface area contributed by atoms with Gasteiger partial charge in [-0.2, -0.15) is 0 Å². The van der Waals surface area contributed by atoms with E-state index in [1.165, 1.54) is 6.07 Å². The van der Waals surface area contributed by atoms with Gasteiger partial charge in [0, 0.05) is 17.1 Å². The van der Waals surface area contributed by atoms with Crippen molar-refractivity contribution in [2.45, 2.75) is 32.9 Å². The van der Waals surface area contributed by atoms with Crippen LogP contribution in [-0.2, 0) is 11.3 Å². The molecule has 0 heterocycles. The highest BCUT2D eigenvalue weighted by molar-refractivity contribution is 6.30. The Kier molecular flexibility index (Phi) is 5.21. The Labute approximate surface area is 122 Å². The Balaban J connectivity index is 2.73. The van der Waals surface area contributed by atoms with E-state index in [-0.39, 0.29) is 12.3 Å². The van der Waals surface area contributed by atoms with Gasteiger partial charge in [-0.25, -0.2) is 9.59 Å². The zero-order valence-electron chi connectivity index (χ0n) is 11.5. The van der Waals surface area contributed by atoms with Gasteiger partial charge in [0.2, 0.25) is 0 Å². The summed E-state index contributed by atoms with van der Waals surface area (Å²) in [5.74, 6) is 0.234. The second kappa shape index (κ2) is 6.47. The number of primary amides is 1. The molecule has 0 radical (unpaired) electrons. The number of ether oxygens (including phenoxy) is 2. The number of benzene rings is 1. The molecule has 0 spiro atoms. The zero-order valence-corrected chi connectivity index (χ0v) is 12.3. The number of hydrogen-bond donors (Lipinski definition) is 2. The van der Waals surface area contributed by atoms with E-state index in [1.807, 2.05) is 0 Å². The molecule has 0 bridgehead atoms. The predicted octanol–water partition coefficient (Wildman–Crippen LogP) is 2.82. The summed E-state index contributed by atoms with van der Waals surface area (Å²) in [6, 6.07) is 4.62. The number of hydrogen-bond acceptors (Lipinski definition) is 4. The average Bonchev–Trinajstić information content (AvgIpc) is 2.26. The first-order valence-electron chi connectivity index (χ1n) is 5.90. The van der Waals surface area contributed by atoms with E-state index in [1.54, 1.807) is 32.9 Å². The zero-order chi connectivity index (χ0) is 15.3. The lowest BCUT2D eigenvalue weighted by atomic mass is 10.2. The lowest BCUT2D eigenvalue weighted by Gasteiger charge is -2.20. The molecule has 0 aliphatic rings. The highest BCUT2D eigenvalue weighted by Crippen LogP contribution is 2.23. The van der Waals surface area contributed by atoms with Gasteiger partial charge in [0.05, 0.1) is 0 Å². The second-order valence-electron chi connectivity index (χ2n) is 5.03. The fourth-order valence-electron chi connectivity index (χ4n) is 1.38. The third-order valence-corrected chi connectivity index (χ3v) is 2.29. The number of rotatable bonds is 3. The minimum Gasteiger partial charge on any atom is -0.444 e. The molecule has 3 N–H and O–H groups in total. The van der Waals surface area contributed by atoms with E-state index >= 15 is 0 Å². The van der Waals surface area contributed by atoms with Crippen molar-refractivity contribution in [1.29, 1.82) is 0 Å². The van der Waals surface area contributed by atoms with Crippen molar-refractivity contribution < 1.29 is 19.1 Å². The number of nitrogens with two attached hydrogens (primary N) is 1. The van der Waals surface area contributed by atoms with E-state index < -0.39 is 17.8 Å². The van der Waals surface area contributed by atoms with Crippen LogP contribution >= 0.6 is 11.6 Å². The molecule has 6 nitrogen and oxygen atoms in total. The first-order valence-corrected chi connectivity index (χ1v) is 6.28. The maximum absolute atomic E-state index is 11.6. The smallest absolute Gasteiger partial charge is 0.409 e. The molecule has 0 fully saturated rings. The van der Waals surface area contributed by atoms with Gasteiger partial charge in [-0.3, -0.25) is 0 Å². The van der Waals surface area contributed by atoms with Gasteiger partial charge in [-0.1, -0.05) is 11.6 Å². The van der Waals surface area contributed by atoms with Crippen molar-refractivity contribution in [2.24, 2.45) is 5.73 Å². The maximum Gasteiger partial charge on any atom is 0.409 e. The third kappa shape index (κ3) is 5.79. The van der Waals surface area contributed by atoms with Gasteiger partial charge >= 0.3 is 12.2 Å². The van der Waals surface area contributed by atoms with Gasteiger partial charge in [0.25, 0.3) is 0 Å². The SMILES string of the molecule is CC(C)(C)OC(=O)NCc1cc(Cl)ccc1OC(N)=O. The quantitative estimate of drug-likeness (QED) is 0.898. The summed E-state index contributed by atoms with van der Waals surface area (Å²) in [5, 5.41) is 2.99. The molecule has 0 aliphatic carbocycles. The van der Waals surface area contributed by atoms with Crippen molar-refractivity contribution in [3.05, 3.63) is 28.8 Å². The monoisotopic (exact) mass is 300 g/mol. The molecule has 1 aromatic carbocycles. The van der Waals surface area contributed by atoms with E-state index in [9.17, 15) is 9.59 Å². The molecule has 0 saturated heterocycles. The fraction of sp³-hybridized carbons (Fsp3) is 0.385. The average molecular weight is 301 g/mol. The van der Waals surface area contributed by atoms with E-state index in [2.05, 4.69) is 5.32 Å². The number of nitrogens with one attached hydrogen (secondary N) is 1. The Hall–Kier alpha value is -1.95. The number of carbonyl (C=O) groups excluding carboxylic acids is 2. The Morgan fingerprint density at radius 3 is 2.55 bits per heavy atom. The van der Waals surface area contributed by atoms with E-state index in [0.717, 1.165) is 0 Å². The summed E-state index contributed by atoms with van der Waals surface area (Å²) in [6.45, 7) is 5.37. The van der Waals surface area contributed by atoms with Crippen LogP contribution in [-0.4, -0.2) is 17.8 Å². The van der Waals surface area contributed by atoms with Crippen LogP contribution < -0.4 is 15.8 Å². The number of alkyl carbamates (subject to hydrolysis) is 1. The third-order valence-electron chi connectivity index (χ3n) is 2.06. The largest absolute Gasteiger partial charge is 0.444 e. The Morgan fingerprint density at radius 2 is 2.00 bits per heavy atom. The van der Waals surface area contributed by atoms with Crippen LogP contribution in [0.4, 0.5) is 9.59 Å². The molecule has 7 heteroatoms. The first-order chi connectivity index (χ1) is 9.17. The topological polar surface area (TPSA) is 90.7 Å². The fourth-order valence-corrected chi connectivity index (χ4v) is 1.57. The minimum atomic E-state index is -0.939. The summed E-state index contributed by atoms with van der Waals surface area (Å²) >= 11 is 5.86. The molecule has 2 amide bonds. The number of amides is 2. The summed E-state index contributed by atoms with van der Waals surface area (Å²) < 4.78 is 9.92. The predicted molar refractivity (Wildman–Crippen MR) is 74.7 cm³/mol. The molecule has 0 aromatic heterocycles. The van der Waals surface area contributed by atoms with Gasteiger partial charge in [0.15, 0.2) is 0 Å². The van der Waals surface area contributed by atoms with Crippen molar-refractivity contribution in [3.8, 4) is 5.75 Å². The molecular formula is C13H17ClN2O4. The highest BCUT2D eigenvalue weighted by Gasteiger charge is 2.16. The Morgan fingerprint density at radius 1 is 1.35 bits per heavy atom. The number of halogens is 1. The molecule has 20 heavy (non-hydrogen) atoms. The highest BCUT2D eigenvalue weighted by atomic mass is 35.5. The Bertz CT molecular complexity index is 512. The van der Waals surface area contributed by atoms with Crippen LogP contribution in [0.5, 0.6) is 5.75 Å². The molecule has 0 atom stereocenters. The van der Waals surface area contributed by atoms with Crippen LogP contribution in [0.25, 0.3) is 0 Å². The minimum absolute atomic E-state index is 0.0953. The van der Waals surface area contributed by atoms with Crippen molar-refractivity contribution in [1.82, 2.24) is 5.32 Å². The van der Waals surface area contributed by atoms with E-state index in [4.69, 9.17) is 26.8 Å². The number of carbonyl (C=O) groups is 2. The molecule has 0 unspecified atom stereocenters. The molecule has 1 rings (SSSR count). The first kappa shape index (κ1) is 16.1. The van der Waals surface area contributed by atoms with Crippen molar-refractivity contribution >= 4 is 23.8 Å². The van der Waals surface area contributed by atoms with Gasteiger partial charge < -0.3 is 20.5 Å². The molecule has 1 aromatic rings. The van der Waals surface area contributed by atoms with E-state index in [0.29, 0.717) is 10.6 Å². The summed E-state index contributed by atoms with van der Waals surface area (Å²) in [5.41, 5.74) is 4.89. The van der Waals surface area contributed by atoms with Gasteiger partial charge in [-0.05, 0) is 39.0 Å². The van der Waals surface area contributed by atoms with Gasteiger partial charge in [-0.15, -0.1) is 0 Å². The van der Waals surface area contributed by atoms with Crippen LogP contribution in [0.1, 0.15) is 26.3 Å². The van der Waals surface area contributed by atoms with Crippen LogP contribution in [0.15, 0.2) is 18.2 Å². The lowest BCUT2D eigenvalue weighted by molar-refractivity contribution is 0.0523. The molecular weight excluding hydrogens is 284 g/mol. The standard InChI is InChI=1S/C13H17ClN2O4/c1-13(2,3)20-12(18)16-7-8-6-9(14)4-5-10(8)19-11(15)17/h4-6H,7H2,1-3H3,(H2,15,17)(H,16,18). The molecule has 0 saturated carbocycles. The normalized spacial score (nSPS) is 10.8. The van der Waals surface area contributed by atoms with Crippen LogP contribution in [0, 0.1) is 0 Å². The van der Waals surface area contributed by atoms with Crippen molar-refractivity contribution in [2.75, 3.05) is 0 Å². The van der Waals surface area contributed by atoms with Crippen LogP contribution in [0.2, 0.25) is 5.02 Å². The molecule has 0 aliphatic heterocycles. The summed E-state index contributed by atoms with van der Waals surface area (Å²) in [7, 11) is 0. The second-order valence-corrected chi connectivity index (χ2v) is 5.47. The summed E-state index contributed by atoms with van der Waals surface area (Å²) in [4.78, 5) is 22.3. The summed E-state index contributed by atoms with van der Waals surface area (Å²) in [6.07, 6.45) is -1.52. The maximum atomic E-state index is 11.6. The van der Waals surface area contributed by atoms with Crippen LogP contribution in [0.3, 0.4) is 0 Å². The van der Waals surface area contributed by atoms with Crippen molar-refractivity contribution in [3.63, 3.8) is 0 Å².